The Morgan fingerprint density at radius 1 is 0.897 bits per heavy atom. The standard InChI is InChI=1S/C30H36ClN3O4S/c1-21(2)18-32-30(36)24(5)33(19-25-11-9-10-14-28(25)31)29(35)20-34(26-16-22(3)15-23(4)17-26)39(37,38)27-12-7-6-8-13-27/h6-17,21,24H,18-20H2,1-5H3,(H,32,36). The minimum atomic E-state index is -4.11. The zero-order valence-electron chi connectivity index (χ0n) is 23.0. The molecule has 0 aromatic heterocycles. The number of hydrogen-bond donors (Lipinski definition) is 1. The Morgan fingerprint density at radius 2 is 1.49 bits per heavy atom. The SMILES string of the molecule is Cc1cc(C)cc(N(CC(=O)N(Cc2ccccc2Cl)C(C)C(=O)NCC(C)C)S(=O)(=O)c2ccccc2)c1. The molecule has 0 spiro atoms. The molecule has 0 fully saturated rings. The first kappa shape index (κ1) is 30.2. The number of sulfonamides is 1. The summed E-state index contributed by atoms with van der Waals surface area (Å²) in [7, 11) is -4.11. The van der Waals surface area contributed by atoms with Gasteiger partial charge >= 0.3 is 0 Å². The number of carbonyl (C=O) groups excluding carboxylic acids is 2. The van der Waals surface area contributed by atoms with Crippen molar-refractivity contribution in [1.29, 1.82) is 0 Å². The lowest BCUT2D eigenvalue weighted by molar-refractivity contribution is -0.139. The van der Waals surface area contributed by atoms with Crippen molar-refractivity contribution < 1.29 is 18.0 Å². The van der Waals surface area contributed by atoms with Crippen molar-refractivity contribution in [2.75, 3.05) is 17.4 Å². The van der Waals surface area contributed by atoms with Gasteiger partial charge in [-0.2, -0.15) is 0 Å². The summed E-state index contributed by atoms with van der Waals surface area (Å²) >= 11 is 6.40. The van der Waals surface area contributed by atoms with Gasteiger partial charge in [0.25, 0.3) is 10.0 Å². The zero-order valence-corrected chi connectivity index (χ0v) is 24.6. The van der Waals surface area contributed by atoms with Crippen LogP contribution in [0.25, 0.3) is 0 Å². The molecule has 1 unspecified atom stereocenters. The number of hydrogen-bond acceptors (Lipinski definition) is 4. The predicted octanol–water partition coefficient (Wildman–Crippen LogP) is 5.34. The highest BCUT2D eigenvalue weighted by Crippen LogP contribution is 2.27. The second-order valence-corrected chi connectivity index (χ2v) is 12.4. The number of rotatable bonds is 11. The van der Waals surface area contributed by atoms with E-state index >= 15 is 0 Å². The van der Waals surface area contributed by atoms with Gasteiger partial charge in [0.05, 0.1) is 10.6 Å². The molecule has 3 aromatic carbocycles. The summed E-state index contributed by atoms with van der Waals surface area (Å²) in [4.78, 5) is 28.5. The third kappa shape index (κ3) is 7.83. The molecule has 0 aliphatic rings. The van der Waals surface area contributed by atoms with E-state index in [1.807, 2.05) is 33.8 Å². The van der Waals surface area contributed by atoms with Crippen LogP contribution >= 0.6 is 11.6 Å². The number of nitrogens with zero attached hydrogens (tertiary/aromatic N) is 2. The van der Waals surface area contributed by atoms with Gasteiger partial charge in [0.15, 0.2) is 0 Å². The van der Waals surface area contributed by atoms with E-state index in [1.165, 1.54) is 17.0 Å². The molecular formula is C30H36ClN3O4S. The molecule has 2 amide bonds. The van der Waals surface area contributed by atoms with Crippen LogP contribution in [-0.2, 0) is 26.2 Å². The van der Waals surface area contributed by atoms with Crippen LogP contribution in [0.15, 0.2) is 77.7 Å². The first-order valence-corrected chi connectivity index (χ1v) is 14.7. The lowest BCUT2D eigenvalue weighted by Gasteiger charge is -2.32. The summed E-state index contributed by atoms with van der Waals surface area (Å²) in [5.74, 6) is -0.626. The lowest BCUT2D eigenvalue weighted by Crippen LogP contribution is -2.51. The van der Waals surface area contributed by atoms with Gasteiger partial charge in [-0.15, -0.1) is 0 Å². The highest BCUT2D eigenvalue weighted by Gasteiger charge is 2.33. The molecule has 1 atom stereocenters. The largest absolute Gasteiger partial charge is 0.354 e. The second-order valence-electron chi connectivity index (χ2n) is 10.1. The topological polar surface area (TPSA) is 86.8 Å². The van der Waals surface area contributed by atoms with Crippen molar-refractivity contribution in [3.05, 3.63) is 94.5 Å². The van der Waals surface area contributed by atoms with Gasteiger partial charge in [0.2, 0.25) is 11.8 Å². The number of anilines is 1. The van der Waals surface area contributed by atoms with Crippen LogP contribution in [-0.4, -0.2) is 44.3 Å². The number of carbonyl (C=O) groups is 2. The van der Waals surface area contributed by atoms with Crippen LogP contribution in [0.2, 0.25) is 5.02 Å². The maximum atomic E-state index is 14.0. The Balaban J connectivity index is 2.04. The molecule has 0 saturated carbocycles. The number of nitrogens with one attached hydrogen (secondary N) is 1. The lowest BCUT2D eigenvalue weighted by atomic mass is 10.1. The van der Waals surface area contributed by atoms with Gasteiger partial charge in [0, 0.05) is 18.1 Å². The molecule has 7 nitrogen and oxygen atoms in total. The van der Waals surface area contributed by atoms with Gasteiger partial charge < -0.3 is 10.2 Å². The maximum absolute atomic E-state index is 14.0. The second kappa shape index (κ2) is 13.1. The van der Waals surface area contributed by atoms with E-state index < -0.39 is 28.5 Å². The van der Waals surface area contributed by atoms with E-state index in [9.17, 15) is 18.0 Å². The summed E-state index contributed by atoms with van der Waals surface area (Å²) in [6.07, 6.45) is 0. The summed E-state index contributed by atoms with van der Waals surface area (Å²) in [5.41, 5.74) is 2.75. The molecule has 9 heteroatoms. The summed E-state index contributed by atoms with van der Waals surface area (Å²) in [6.45, 7) is 9.34. The maximum Gasteiger partial charge on any atom is 0.264 e. The summed E-state index contributed by atoms with van der Waals surface area (Å²) in [5, 5.41) is 3.33. The van der Waals surface area contributed by atoms with Crippen molar-refractivity contribution in [3.63, 3.8) is 0 Å². The van der Waals surface area contributed by atoms with Crippen molar-refractivity contribution in [1.82, 2.24) is 10.2 Å². The minimum absolute atomic E-state index is 0.0425. The molecule has 0 radical (unpaired) electrons. The first-order chi connectivity index (χ1) is 18.4. The van der Waals surface area contributed by atoms with Crippen LogP contribution < -0.4 is 9.62 Å². The van der Waals surface area contributed by atoms with E-state index in [1.54, 1.807) is 61.5 Å². The average Bonchev–Trinajstić information content (AvgIpc) is 2.89. The predicted molar refractivity (Wildman–Crippen MR) is 156 cm³/mol. The molecule has 0 saturated heterocycles. The number of amides is 2. The quantitative estimate of drug-likeness (QED) is 0.338. The summed E-state index contributed by atoms with van der Waals surface area (Å²) < 4.78 is 28.8. The molecule has 0 heterocycles. The fourth-order valence-corrected chi connectivity index (χ4v) is 5.80. The number of halogens is 1. The molecule has 208 valence electrons. The smallest absolute Gasteiger partial charge is 0.264 e. The Kier molecular flexibility index (Phi) is 10.2. The Morgan fingerprint density at radius 3 is 2.08 bits per heavy atom. The van der Waals surface area contributed by atoms with Crippen molar-refractivity contribution in [3.8, 4) is 0 Å². The van der Waals surface area contributed by atoms with Crippen LogP contribution in [0.4, 0.5) is 5.69 Å². The normalized spacial score (nSPS) is 12.2. The highest BCUT2D eigenvalue weighted by atomic mass is 35.5. The van der Waals surface area contributed by atoms with Crippen molar-refractivity contribution in [2.45, 2.75) is 52.1 Å². The van der Waals surface area contributed by atoms with E-state index in [4.69, 9.17) is 11.6 Å². The Hall–Kier alpha value is -3.36. The van der Waals surface area contributed by atoms with Crippen LogP contribution in [0.1, 0.15) is 37.5 Å². The molecule has 1 N–H and O–H groups in total. The molecule has 0 bridgehead atoms. The van der Waals surface area contributed by atoms with Gasteiger partial charge in [-0.25, -0.2) is 8.42 Å². The minimum Gasteiger partial charge on any atom is -0.354 e. The number of benzene rings is 3. The fraction of sp³-hybridized carbons (Fsp3) is 0.333. The molecule has 39 heavy (non-hydrogen) atoms. The zero-order chi connectivity index (χ0) is 28.7. The third-order valence-electron chi connectivity index (χ3n) is 6.25. The first-order valence-electron chi connectivity index (χ1n) is 12.9. The van der Waals surface area contributed by atoms with Crippen molar-refractivity contribution >= 4 is 39.1 Å². The molecule has 0 aliphatic carbocycles. The van der Waals surface area contributed by atoms with E-state index in [0.29, 0.717) is 22.8 Å². The van der Waals surface area contributed by atoms with Gasteiger partial charge in [-0.05, 0) is 73.7 Å². The van der Waals surface area contributed by atoms with E-state index in [0.717, 1.165) is 15.4 Å². The average molecular weight is 570 g/mol. The van der Waals surface area contributed by atoms with Crippen LogP contribution in [0.5, 0.6) is 0 Å². The molecule has 3 aromatic rings. The van der Waals surface area contributed by atoms with Crippen LogP contribution in [0, 0.1) is 19.8 Å². The fourth-order valence-electron chi connectivity index (χ4n) is 4.19. The Bertz CT molecular complexity index is 1390. The number of aryl methyl sites for hydroxylation is 2. The Labute approximate surface area is 236 Å². The van der Waals surface area contributed by atoms with Gasteiger partial charge in [-0.3, -0.25) is 13.9 Å². The van der Waals surface area contributed by atoms with Crippen LogP contribution in [0.3, 0.4) is 0 Å². The van der Waals surface area contributed by atoms with Crippen molar-refractivity contribution in [2.24, 2.45) is 5.92 Å². The highest BCUT2D eigenvalue weighted by molar-refractivity contribution is 7.92. The summed E-state index contributed by atoms with van der Waals surface area (Å²) in [6, 6.07) is 19.6. The third-order valence-corrected chi connectivity index (χ3v) is 8.41. The van der Waals surface area contributed by atoms with E-state index in [-0.39, 0.29) is 23.3 Å². The molecule has 0 aliphatic heterocycles. The van der Waals surface area contributed by atoms with Gasteiger partial charge in [0.1, 0.15) is 12.6 Å². The van der Waals surface area contributed by atoms with Gasteiger partial charge in [-0.1, -0.05) is 67.9 Å². The molecule has 3 rings (SSSR count). The van der Waals surface area contributed by atoms with E-state index in [2.05, 4.69) is 5.32 Å². The monoisotopic (exact) mass is 569 g/mol. The molecular weight excluding hydrogens is 534 g/mol.